The highest BCUT2D eigenvalue weighted by Crippen LogP contribution is 2.30. The molecule has 146 valence electrons. The van der Waals surface area contributed by atoms with Gasteiger partial charge in [0.2, 0.25) is 16.0 Å². The van der Waals surface area contributed by atoms with Gasteiger partial charge in [0.15, 0.2) is 5.76 Å². The highest BCUT2D eigenvalue weighted by atomic mass is 32.2. The maximum absolute atomic E-state index is 12.1. The highest BCUT2D eigenvalue weighted by molar-refractivity contribution is 7.89. The maximum Gasteiger partial charge on any atom is 0.226 e. The van der Waals surface area contributed by atoms with Gasteiger partial charge in [0, 0.05) is 50.3 Å². The zero-order valence-corrected chi connectivity index (χ0v) is 16.2. The van der Waals surface area contributed by atoms with Crippen LogP contribution in [0.1, 0.15) is 6.92 Å². The second kappa shape index (κ2) is 7.64. The summed E-state index contributed by atoms with van der Waals surface area (Å²) in [7, 11) is -3.18. The SMILES string of the molecule is CCS(=O)(=O)N1CCN(c2ncc(-c3cnccn3)c(-c3ccco3)n2)CC1. The summed E-state index contributed by atoms with van der Waals surface area (Å²) in [5.74, 6) is 1.25. The molecule has 0 spiro atoms. The van der Waals surface area contributed by atoms with E-state index in [0.29, 0.717) is 49.3 Å². The van der Waals surface area contributed by atoms with E-state index in [1.54, 1.807) is 44.0 Å². The summed E-state index contributed by atoms with van der Waals surface area (Å²) in [5, 5.41) is 0. The second-order valence-corrected chi connectivity index (χ2v) is 8.54. The van der Waals surface area contributed by atoms with Gasteiger partial charge in [0.05, 0.1) is 23.9 Å². The number of hydrogen-bond acceptors (Lipinski definition) is 8. The molecule has 0 aliphatic carbocycles. The van der Waals surface area contributed by atoms with Crippen LogP contribution in [0.5, 0.6) is 0 Å². The van der Waals surface area contributed by atoms with E-state index in [-0.39, 0.29) is 5.75 Å². The molecule has 0 radical (unpaired) electrons. The van der Waals surface area contributed by atoms with Crippen LogP contribution in [-0.4, -0.2) is 64.6 Å². The lowest BCUT2D eigenvalue weighted by atomic mass is 10.1. The van der Waals surface area contributed by atoms with Crippen LogP contribution >= 0.6 is 0 Å². The predicted octanol–water partition coefficient (Wildman–Crippen LogP) is 1.67. The van der Waals surface area contributed by atoms with Crippen LogP contribution in [0.3, 0.4) is 0 Å². The monoisotopic (exact) mass is 400 g/mol. The minimum absolute atomic E-state index is 0.110. The molecule has 1 fully saturated rings. The molecule has 3 aromatic heterocycles. The molecular formula is C18H20N6O3S. The molecule has 3 aromatic rings. The van der Waals surface area contributed by atoms with Crippen molar-refractivity contribution < 1.29 is 12.8 Å². The lowest BCUT2D eigenvalue weighted by Gasteiger charge is -2.33. The van der Waals surface area contributed by atoms with Crippen molar-refractivity contribution in [2.75, 3.05) is 36.8 Å². The van der Waals surface area contributed by atoms with Crippen LogP contribution < -0.4 is 4.90 Å². The average molecular weight is 400 g/mol. The minimum atomic E-state index is -3.18. The number of furan rings is 1. The first-order valence-electron chi connectivity index (χ1n) is 8.98. The van der Waals surface area contributed by atoms with Crippen molar-refractivity contribution in [1.29, 1.82) is 0 Å². The zero-order chi connectivity index (χ0) is 19.6. The zero-order valence-electron chi connectivity index (χ0n) is 15.4. The third-order valence-corrected chi connectivity index (χ3v) is 6.53. The van der Waals surface area contributed by atoms with E-state index in [0.717, 1.165) is 5.56 Å². The smallest absolute Gasteiger partial charge is 0.226 e. The Morgan fingerprint density at radius 1 is 1.11 bits per heavy atom. The summed E-state index contributed by atoms with van der Waals surface area (Å²) in [6.45, 7) is 3.55. The lowest BCUT2D eigenvalue weighted by molar-refractivity contribution is 0.383. The van der Waals surface area contributed by atoms with Crippen molar-refractivity contribution >= 4 is 16.0 Å². The Morgan fingerprint density at radius 2 is 1.93 bits per heavy atom. The van der Waals surface area contributed by atoms with Gasteiger partial charge in [0.25, 0.3) is 0 Å². The molecule has 0 saturated carbocycles. The average Bonchev–Trinajstić information content (AvgIpc) is 3.29. The Hall–Kier alpha value is -2.85. The second-order valence-electron chi connectivity index (χ2n) is 6.29. The van der Waals surface area contributed by atoms with Gasteiger partial charge < -0.3 is 9.32 Å². The van der Waals surface area contributed by atoms with Crippen LogP contribution in [0.2, 0.25) is 0 Å². The van der Waals surface area contributed by atoms with E-state index in [9.17, 15) is 8.42 Å². The molecule has 0 atom stereocenters. The first-order valence-corrected chi connectivity index (χ1v) is 10.6. The quantitative estimate of drug-likeness (QED) is 0.637. The van der Waals surface area contributed by atoms with Crippen molar-refractivity contribution in [1.82, 2.24) is 24.2 Å². The molecule has 0 bridgehead atoms. The molecule has 4 rings (SSSR count). The van der Waals surface area contributed by atoms with E-state index in [4.69, 9.17) is 9.40 Å². The number of anilines is 1. The Labute approximate surface area is 163 Å². The molecule has 0 unspecified atom stereocenters. The Balaban J connectivity index is 1.64. The molecule has 0 N–H and O–H groups in total. The number of aromatic nitrogens is 4. The van der Waals surface area contributed by atoms with Crippen LogP contribution in [0.4, 0.5) is 5.95 Å². The summed E-state index contributed by atoms with van der Waals surface area (Å²) in [5.41, 5.74) is 2.00. The predicted molar refractivity (Wildman–Crippen MR) is 104 cm³/mol. The Morgan fingerprint density at radius 3 is 2.57 bits per heavy atom. The fourth-order valence-corrected chi connectivity index (χ4v) is 4.19. The van der Waals surface area contributed by atoms with Gasteiger partial charge >= 0.3 is 0 Å². The summed E-state index contributed by atoms with van der Waals surface area (Å²) in [6, 6.07) is 3.63. The van der Waals surface area contributed by atoms with Gasteiger partial charge in [-0.15, -0.1) is 0 Å². The van der Waals surface area contributed by atoms with Crippen LogP contribution in [0, 0.1) is 0 Å². The number of piperazine rings is 1. The molecule has 9 nitrogen and oxygen atoms in total. The standard InChI is InChI=1S/C18H20N6O3S/c1-2-28(25,26)24-9-7-23(8-10-24)18-21-12-14(15-13-19-5-6-20-15)17(22-18)16-4-3-11-27-16/h3-6,11-13H,2,7-10H2,1H3. The molecular weight excluding hydrogens is 380 g/mol. The van der Waals surface area contributed by atoms with Crippen molar-refractivity contribution in [2.24, 2.45) is 0 Å². The summed E-state index contributed by atoms with van der Waals surface area (Å²) in [6.07, 6.45) is 8.17. The molecule has 28 heavy (non-hydrogen) atoms. The molecule has 1 aliphatic rings. The van der Waals surface area contributed by atoms with Gasteiger partial charge in [-0.2, -0.15) is 4.31 Å². The fourth-order valence-electron chi connectivity index (χ4n) is 3.10. The third kappa shape index (κ3) is 3.60. The highest BCUT2D eigenvalue weighted by Gasteiger charge is 2.27. The number of rotatable bonds is 5. The molecule has 0 aromatic carbocycles. The maximum atomic E-state index is 12.1. The summed E-state index contributed by atoms with van der Waals surface area (Å²) in [4.78, 5) is 19.6. The minimum Gasteiger partial charge on any atom is -0.463 e. The van der Waals surface area contributed by atoms with E-state index in [1.165, 1.54) is 4.31 Å². The molecule has 0 amide bonds. The van der Waals surface area contributed by atoms with Gasteiger partial charge in [-0.05, 0) is 19.1 Å². The van der Waals surface area contributed by atoms with Crippen molar-refractivity contribution in [3.8, 4) is 22.7 Å². The van der Waals surface area contributed by atoms with Crippen LogP contribution in [0.25, 0.3) is 22.7 Å². The van der Waals surface area contributed by atoms with Crippen molar-refractivity contribution in [2.45, 2.75) is 6.92 Å². The topological polar surface area (TPSA) is 105 Å². The summed E-state index contributed by atoms with van der Waals surface area (Å²) >= 11 is 0. The number of nitrogens with zero attached hydrogens (tertiary/aromatic N) is 6. The lowest BCUT2D eigenvalue weighted by Crippen LogP contribution is -2.49. The van der Waals surface area contributed by atoms with E-state index >= 15 is 0 Å². The Kier molecular flexibility index (Phi) is 5.05. The number of hydrogen-bond donors (Lipinski definition) is 0. The van der Waals surface area contributed by atoms with Gasteiger partial charge in [-0.1, -0.05) is 0 Å². The Bertz CT molecular complexity index is 1030. The van der Waals surface area contributed by atoms with Gasteiger partial charge in [-0.25, -0.2) is 18.4 Å². The first kappa shape index (κ1) is 18.5. The van der Waals surface area contributed by atoms with E-state index in [2.05, 4.69) is 15.0 Å². The summed E-state index contributed by atoms with van der Waals surface area (Å²) < 4.78 is 31.2. The van der Waals surface area contributed by atoms with E-state index < -0.39 is 10.0 Å². The normalized spacial score (nSPS) is 15.7. The van der Waals surface area contributed by atoms with Crippen molar-refractivity contribution in [3.63, 3.8) is 0 Å². The molecule has 1 aliphatic heterocycles. The van der Waals surface area contributed by atoms with Gasteiger partial charge in [-0.3, -0.25) is 9.97 Å². The first-order chi connectivity index (χ1) is 13.6. The van der Waals surface area contributed by atoms with E-state index in [1.807, 2.05) is 11.0 Å². The molecule has 1 saturated heterocycles. The third-order valence-electron chi connectivity index (χ3n) is 4.65. The molecule has 10 heteroatoms. The van der Waals surface area contributed by atoms with Gasteiger partial charge in [0.1, 0.15) is 5.69 Å². The molecule has 4 heterocycles. The largest absolute Gasteiger partial charge is 0.463 e. The number of sulfonamides is 1. The van der Waals surface area contributed by atoms with Crippen LogP contribution in [-0.2, 0) is 10.0 Å². The fraction of sp³-hybridized carbons (Fsp3) is 0.333. The van der Waals surface area contributed by atoms with Crippen LogP contribution in [0.15, 0.2) is 47.6 Å². The van der Waals surface area contributed by atoms with Crippen molar-refractivity contribution in [3.05, 3.63) is 43.2 Å².